The SMILES string of the molecule is O=C(CSc1nc(Cl)cc(N2CCN(c3ccccc3Cl)CC2)n1)NCCN1CCCC1. The molecule has 32 heavy (non-hydrogen) atoms. The number of carbonyl (C=O) groups is 1. The summed E-state index contributed by atoms with van der Waals surface area (Å²) < 4.78 is 0. The molecule has 7 nitrogen and oxygen atoms in total. The molecule has 2 aromatic rings. The summed E-state index contributed by atoms with van der Waals surface area (Å²) >= 11 is 13.9. The van der Waals surface area contributed by atoms with Gasteiger partial charge in [0.05, 0.1) is 16.5 Å². The molecule has 0 unspecified atom stereocenters. The Morgan fingerprint density at radius 2 is 1.72 bits per heavy atom. The molecule has 1 aromatic carbocycles. The van der Waals surface area contributed by atoms with E-state index < -0.39 is 0 Å². The number of hydrogen-bond donors (Lipinski definition) is 1. The molecular weight excluding hydrogens is 467 g/mol. The van der Waals surface area contributed by atoms with Crippen LogP contribution in [-0.2, 0) is 4.79 Å². The van der Waals surface area contributed by atoms with Gasteiger partial charge in [-0.3, -0.25) is 4.79 Å². The minimum absolute atomic E-state index is 0.00678. The topological polar surface area (TPSA) is 64.6 Å². The first kappa shape index (κ1) is 23.4. The summed E-state index contributed by atoms with van der Waals surface area (Å²) in [5, 5.41) is 4.66. The molecule has 2 aliphatic heterocycles. The van der Waals surface area contributed by atoms with E-state index in [4.69, 9.17) is 23.2 Å². The van der Waals surface area contributed by atoms with Gasteiger partial charge in [0.15, 0.2) is 5.16 Å². The molecule has 2 saturated heterocycles. The van der Waals surface area contributed by atoms with Crippen molar-refractivity contribution in [1.82, 2.24) is 20.2 Å². The summed E-state index contributed by atoms with van der Waals surface area (Å²) in [5.41, 5.74) is 1.06. The van der Waals surface area contributed by atoms with Gasteiger partial charge in [-0.25, -0.2) is 9.97 Å². The van der Waals surface area contributed by atoms with E-state index in [2.05, 4.69) is 30.0 Å². The molecule has 0 bridgehead atoms. The normalized spacial score (nSPS) is 17.1. The van der Waals surface area contributed by atoms with E-state index in [1.54, 1.807) is 6.07 Å². The molecule has 0 aliphatic carbocycles. The zero-order valence-corrected chi connectivity index (χ0v) is 20.3. The van der Waals surface area contributed by atoms with Crippen molar-refractivity contribution in [3.05, 3.63) is 40.5 Å². The van der Waals surface area contributed by atoms with Gasteiger partial charge in [0.2, 0.25) is 5.91 Å². The monoisotopic (exact) mass is 494 g/mol. The molecule has 1 amide bonds. The van der Waals surface area contributed by atoms with Crippen molar-refractivity contribution in [2.45, 2.75) is 18.0 Å². The smallest absolute Gasteiger partial charge is 0.230 e. The van der Waals surface area contributed by atoms with Gasteiger partial charge >= 0.3 is 0 Å². The van der Waals surface area contributed by atoms with Crippen LogP contribution in [0.5, 0.6) is 0 Å². The van der Waals surface area contributed by atoms with Crippen LogP contribution < -0.4 is 15.1 Å². The van der Waals surface area contributed by atoms with E-state index in [0.29, 0.717) is 16.9 Å². The van der Waals surface area contributed by atoms with Crippen LogP contribution in [0.1, 0.15) is 12.8 Å². The summed E-state index contributed by atoms with van der Waals surface area (Å²) in [7, 11) is 0. The van der Waals surface area contributed by atoms with Crippen molar-refractivity contribution < 1.29 is 4.79 Å². The number of aromatic nitrogens is 2. The summed E-state index contributed by atoms with van der Waals surface area (Å²) in [6.45, 7) is 7.15. The number of nitrogens with one attached hydrogen (secondary N) is 1. The Labute approximate surface area is 203 Å². The molecule has 3 heterocycles. The van der Waals surface area contributed by atoms with Gasteiger partial charge in [-0.15, -0.1) is 0 Å². The number of carbonyl (C=O) groups excluding carboxylic acids is 1. The van der Waals surface area contributed by atoms with Crippen LogP contribution in [0.15, 0.2) is 35.5 Å². The van der Waals surface area contributed by atoms with Crippen molar-refractivity contribution >= 4 is 52.4 Å². The van der Waals surface area contributed by atoms with E-state index >= 15 is 0 Å². The largest absolute Gasteiger partial charge is 0.367 e. The first-order chi connectivity index (χ1) is 15.6. The van der Waals surface area contributed by atoms with Crippen LogP contribution in [-0.4, -0.2) is 78.9 Å². The van der Waals surface area contributed by atoms with Crippen molar-refractivity contribution in [2.75, 3.05) is 67.9 Å². The van der Waals surface area contributed by atoms with Gasteiger partial charge in [0.1, 0.15) is 11.0 Å². The average Bonchev–Trinajstić information content (AvgIpc) is 3.31. The van der Waals surface area contributed by atoms with Crippen molar-refractivity contribution in [3.8, 4) is 0 Å². The number of rotatable bonds is 8. The number of anilines is 2. The van der Waals surface area contributed by atoms with Crippen LogP contribution in [0.3, 0.4) is 0 Å². The lowest BCUT2D eigenvalue weighted by Gasteiger charge is -2.37. The van der Waals surface area contributed by atoms with Crippen LogP contribution >= 0.6 is 35.0 Å². The van der Waals surface area contributed by atoms with Crippen LogP contribution in [0.2, 0.25) is 10.2 Å². The number of hydrogen-bond acceptors (Lipinski definition) is 7. The molecule has 0 radical (unpaired) electrons. The fraction of sp³-hybridized carbons (Fsp3) is 0.500. The lowest BCUT2D eigenvalue weighted by atomic mass is 10.2. The average molecular weight is 495 g/mol. The lowest BCUT2D eigenvalue weighted by molar-refractivity contribution is -0.118. The molecule has 0 spiro atoms. The van der Waals surface area contributed by atoms with Gasteiger partial charge < -0.3 is 20.0 Å². The van der Waals surface area contributed by atoms with Gasteiger partial charge in [0.25, 0.3) is 0 Å². The molecule has 4 rings (SSSR count). The lowest BCUT2D eigenvalue weighted by Crippen LogP contribution is -2.47. The maximum Gasteiger partial charge on any atom is 0.230 e. The Morgan fingerprint density at radius 1 is 1.00 bits per heavy atom. The number of para-hydroxylation sites is 1. The van der Waals surface area contributed by atoms with Crippen molar-refractivity contribution in [2.24, 2.45) is 0 Å². The van der Waals surface area contributed by atoms with Crippen molar-refractivity contribution in [3.63, 3.8) is 0 Å². The Hall–Kier alpha value is -1.74. The Kier molecular flexibility index (Phi) is 8.35. The highest BCUT2D eigenvalue weighted by atomic mass is 35.5. The highest BCUT2D eigenvalue weighted by Gasteiger charge is 2.21. The maximum absolute atomic E-state index is 12.2. The van der Waals surface area contributed by atoms with Gasteiger partial charge in [-0.1, -0.05) is 47.1 Å². The van der Waals surface area contributed by atoms with Crippen molar-refractivity contribution in [1.29, 1.82) is 0 Å². The third kappa shape index (κ3) is 6.41. The number of halogens is 2. The predicted molar refractivity (Wildman–Crippen MR) is 132 cm³/mol. The van der Waals surface area contributed by atoms with Gasteiger partial charge in [-0.05, 0) is 38.1 Å². The standard InChI is InChI=1S/C22H28Cl2N6OS/c23-17-5-1-2-6-18(17)29-11-13-30(14-12-29)20-15-19(24)26-22(27-20)32-16-21(31)25-7-10-28-8-3-4-9-28/h1-2,5-6,15H,3-4,7-14,16H2,(H,25,31). The van der Waals surface area contributed by atoms with Crippen LogP contribution in [0, 0.1) is 0 Å². The quantitative estimate of drug-likeness (QED) is 0.342. The summed E-state index contributed by atoms with van der Waals surface area (Å²) in [4.78, 5) is 28.0. The molecule has 10 heteroatoms. The molecule has 172 valence electrons. The molecule has 2 aliphatic rings. The maximum atomic E-state index is 12.2. The van der Waals surface area contributed by atoms with E-state index in [1.807, 2.05) is 24.3 Å². The summed E-state index contributed by atoms with van der Waals surface area (Å²) in [5.74, 6) is 1.06. The molecule has 1 N–H and O–H groups in total. The third-order valence-corrected chi connectivity index (χ3v) is 7.10. The minimum atomic E-state index is -0.00678. The predicted octanol–water partition coefficient (Wildman–Crippen LogP) is 3.41. The molecule has 0 atom stereocenters. The fourth-order valence-electron chi connectivity index (χ4n) is 4.04. The second-order valence-corrected chi connectivity index (χ2v) is 9.68. The van der Waals surface area contributed by atoms with Gasteiger partial charge in [-0.2, -0.15) is 0 Å². The number of nitrogens with zero attached hydrogens (tertiary/aromatic N) is 5. The van der Waals surface area contributed by atoms with Gasteiger partial charge in [0, 0.05) is 45.3 Å². The second kappa shape index (κ2) is 11.4. The minimum Gasteiger partial charge on any atom is -0.367 e. The van der Waals surface area contributed by atoms with E-state index in [1.165, 1.54) is 24.6 Å². The van der Waals surface area contributed by atoms with E-state index in [-0.39, 0.29) is 11.7 Å². The number of benzene rings is 1. The molecular formula is C22H28Cl2N6OS. The van der Waals surface area contributed by atoms with E-state index in [9.17, 15) is 4.79 Å². The Balaban J connectivity index is 1.27. The molecule has 0 saturated carbocycles. The Bertz CT molecular complexity index is 919. The molecule has 2 fully saturated rings. The third-order valence-electron chi connectivity index (χ3n) is 5.74. The van der Waals surface area contributed by atoms with Crippen LogP contribution in [0.25, 0.3) is 0 Å². The summed E-state index contributed by atoms with van der Waals surface area (Å²) in [6.07, 6.45) is 2.51. The molecule has 1 aromatic heterocycles. The summed E-state index contributed by atoms with van der Waals surface area (Å²) in [6, 6.07) is 9.69. The highest BCUT2D eigenvalue weighted by molar-refractivity contribution is 7.99. The van der Waals surface area contributed by atoms with Crippen LogP contribution in [0.4, 0.5) is 11.5 Å². The number of thioether (sulfide) groups is 1. The fourth-order valence-corrected chi connectivity index (χ4v) is 5.20. The Morgan fingerprint density at radius 3 is 2.47 bits per heavy atom. The first-order valence-electron chi connectivity index (χ1n) is 11.0. The van der Waals surface area contributed by atoms with E-state index in [0.717, 1.165) is 62.3 Å². The number of amides is 1. The second-order valence-electron chi connectivity index (χ2n) is 7.94. The first-order valence-corrected chi connectivity index (χ1v) is 12.7. The zero-order valence-electron chi connectivity index (χ0n) is 18.0. The number of piperazine rings is 1. The zero-order chi connectivity index (χ0) is 22.3. The number of likely N-dealkylation sites (tertiary alicyclic amines) is 1. The highest BCUT2D eigenvalue weighted by Crippen LogP contribution is 2.28.